The summed E-state index contributed by atoms with van der Waals surface area (Å²) in [5, 5.41) is 12.9. The molecule has 0 fully saturated rings. The molecular weight excluding hydrogens is 821 g/mol. The molecule has 320 valence electrons. The first-order valence-corrected chi connectivity index (χ1v) is 24.1. The molecule has 0 radical (unpaired) electrons. The zero-order chi connectivity index (χ0) is 45.2. The minimum absolute atomic E-state index is 0.0776. The summed E-state index contributed by atoms with van der Waals surface area (Å²) in [6.45, 7) is 9.52. The predicted octanol–water partition coefficient (Wildman–Crippen LogP) is 17.6. The SMILES string of the molecule is CC1(C)c2ccccc2-c2ccc(-n3c4ccccc4c4cc(-c5cccc(-n6c7cc8c(cc7c7c9c%10ccccc%10c%10ccccc%10c9ccc76)-c6ccccc6C8(C)C)c5)ccc43)cc21. The molecule has 0 N–H and O–H groups in total. The Morgan fingerprint density at radius 3 is 1.54 bits per heavy atom. The van der Waals surface area contributed by atoms with E-state index in [-0.39, 0.29) is 10.8 Å². The molecule has 15 rings (SSSR count). The molecule has 11 aromatic carbocycles. The van der Waals surface area contributed by atoms with Crippen LogP contribution >= 0.6 is 0 Å². The van der Waals surface area contributed by atoms with Crippen molar-refractivity contribution in [2.75, 3.05) is 0 Å². The smallest absolute Gasteiger partial charge is 0.0547 e. The Morgan fingerprint density at radius 2 is 0.794 bits per heavy atom. The highest BCUT2D eigenvalue weighted by Crippen LogP contribution is 2.53. The van der Waals surface area contributed by atoms with Crippen LogP contribution in [-0.4, -0.2) is 9.13 Å². The first kappa shape index (κ1) is 38.0. The Bertz CT molecular complexity index is 4340. The quantitative estimate of drug-likeness (QED) is 0.157. The van der Waals surface area contributed by atoms with E-state index in [0.29, 0.717) is 0 Å². The maximum absolute atomic E-state index is 2.55. The summed E-state index contributed by atoms with van der Waals surface area (Å²) in [6, 6.07) is 78.0. The van der Waals surface area contributed by atoms with E-state index >= 15 is 0 Å². The highest BCUT2D eigenvalue weighted by molar-refractivity contribution is 6.35. The lowest BCUT2D eigenvalue weighted by Gasteiger charge is -2.22. The van der Waals surface area contributed by atoms with Crippen LogP contribution in [0, 0.1) is 0 Å². The Kier molecular flexibility index (Phi) is 7.39. The molecule has 0 atom stereocenters. The second-order valence-corrected chi connectivity index (χ2v) is 20.4. The molecule has 0 saturated carbocycles. The topological polar surface area (TPSA) is 9.86 Å². The molecule has 0 aliphatic heterocycles. The van der Waals surface area contributed by atoms with Crippen LogP contribution in [0.15, 0.2) is 206 Å². The van der Waals surface area contributed by atoms with Gasteiger partial charge in [0.25, 0.3) is 0 Å². The van der Waals surface area contributed by atoms with Crippen molar-refractivity contribution in [2.24, 2.45) is 0 Å². The van der Waals surface area contributed by atoms with Crippen LogP contribution in [0.4, 0.5) is 0 Å². The highest BCUT2D eigenvalue weighted by atomic mass is 15.0. The number of fused-ring (bicyclic) bond motifs is 19. The van der Waals surface area contributed by atoms with Gasteiger partial charge >= 0.3 is 0 Å². The lowest BCUT2D eigenvalue weighted by molar-refractivity contribution is 0.660. The van der Waals surface area contributed by atoms with Crippen LogP contribution in [0.2, 0.25) is 0 Å². The van der Waals surface area contributed by atoms with Crippen LogP contribution < -0.4 is 0 Å². The summed E-state index contributed by atoms with van der Waals surface area (Å²) >= 11 is 0. The zero-order valence-corrected chi connectivity index (χ0v) is 38.5. The Morgan fingerprint density at radius 1 is 0.265 bits per heavy atom. The van der Waals surface area contributed by atoms with Gasteiger partial charge in [0.15, 0.2) is 0 Å². The first-order valence-electron chi connectivity index (χ1n) is 24.1. The highest BCUT2D eigenvalue weighted by Gasteiger charge is 2.37. The zero-order valence-electron chi connectivity index (χ0n) is 38.5. The predicted molar refractivity (Wildman–Crippen MR) is 288 cm³/mol. The van der Waals surface area contributed by atoms with Crippen molar-refractivity contribution in [3.05, 3.63) is 229 Å². The van der Waals surface area contributed by atoms with Crippen molar-refractivity contribution in [1.82, 2.24) is 9.13 Å². The van der Waals surface area contributed by atoms with Crippen molar-refractivity contribution >= 4 is 75.9 Å². The first-order chi connectivity index (χ1) is 33.3. The van der Waals surface area contributed by atoms with Crippen molar-refractivity contribution in [2.45, 2.75) is 38.5 Å². The van der Waals surface area contributed by atoms with Gasteiger partial charge in [-0.2, -0.15) is 0 Å². The standard InChI is InChI=1S/C66H46N2/c1-65(2)55-25-12-9-21-46(55)48-30-29-42(36-57(48)65)67-59-27-14-11-23-49(59)53-35-40(28-32-60(53)67)39-16-15-17-41(34-39)68-61-33-31-51-45-20-6-5-18-43(45)44-19-7-8-24-50(44)63(51)64(61)54-37-52-47-22-10-13-26-56(47)66(3,4)58(52)38-62(54)68/h5-38H,1-4H3. The van der Waals surface area contributed by atoms with E-state index in [9.17, 15) is 0 Å². The molecule has 0 spiro atoms. The lowest BCUT2D eigenvalue weighted by Crippen LogP contribution is -2.15. The molecule has 0 saturated heterocycles. The normalized spacial score (nSPS) is 14.4. The maximum atomic E-state index is 2.55. The summed E-state index contributed by atoms with van der Waals surface area (Å²) < 4.78 is 5.02. The average molecular weight is 867 g/mol. The minimum atomic E-state index is -0.135. The van der Waals surface area contributed by atoms with Crippen LogP contribution in [0.3, 0.4) is 0 Å². The number of hydrogen-bond acceptors (Lipinski definition) is 0. The van der Waals surface area contributed by atoms with Gasteiger partial charge in [-0.15, -0.1) is 0 Å². The molecule has 2 aliphatic carbocycles. The molecule has 2 aliphatic rings. The van der Waals surface area contributed by atoms with Gasteiger partial charge in [-0.05, 0) is 143 Å². The molecule has 0 amide bonds. The summed E-state index contributed by atoms with van der Waals surface area (Å²) in [6.07, 6.45) is 0. The van der Waals surface area contributed by atoms with Gasteiger partial charge in [0, 0.05) is 49.1 Å². The van der Waals surface area contributed by atoms with Gasteiger partial charge < -0.3 is 9.13 Å². The maximum Gasteiger partial charge on any atom is 0.0547 e. The van der Waals surface area contributed by atoms with Crippen LogP contribution in [-0.2, 0) is 10.8 Å². The van der Waals surface area contributed by atoms with E-state index in [1.807, 2.05) is 0 Å². The van der Waals surface area contributed by atoms with E-state index in [2.05, 4.69) is 243 Å². The monoisotopic (exact) mass is 866 g/mol. The second-order valence-electron chi connectivity index (χ2n) is 20.4. The molecule has 2 nitrogen and oxygen atoms in total. The van der Waals surface area contributed by atoms with Crippen molar-refractivity contribution < 1.29 is 0 Å². The fourth-order valence-corrected chi connectivity index (χ4v) is 13.1. The largest absolute Gasteiger partial charge is 0.309 e. The molecule has 0 bridgehead atoms. The third kappa shape index (κ3) is 4.86. The number of hydrogen-bond donors (Lipinski definition) is 0. The third-order valence-electron chi connectivity index (χ3n) is 16.3. The summed E-state index contributed by atoms with van der Waals surface area (Å²) in [5.41, 5.74) is 20.4. The third-order valence-corrected chi connectivity index (χ3v) is 16.3. The summed E-state index contributed by atoms with van der Waals surface area (Å²) in [7, 11) is 0. The van der Waals surface area contributed by atoms with E-state index in [0.717, 1.165) is 5.69 Å². The van der Waals surface area contributed by atoms with Gasteiger partial charge in [0.05, 0.1) is 22.1 Å². The van der Waals surface area contributed by atoms with Crippen molar-refractivity contribution in [1.29, 1.82) is 0 Å². The van der Waals surface area contributed by atoms with Gasteiger partial charge in [-0.1, -0.05) is 173 Å². The summed E-state index contributed by atoms with van der Waals surface area (Å²) in [5.74, 6) is 0. The van der Waals surface area contributed by atoms with Crippen molar-refractivity contribution in [3.8, 4) is 44.8 Å². The van der Waals surface area contributed by atoms with E-state index in [1.165, 1.54) is 137 Å². The van der Waals surface area contributed by atoms with E-state index in [4.69, 9.17) is 0 Å². The number of aromatic nitrogens is 2. The Labute approximate surface area is 395 Å². The van der Waals surface area contributed by atoms with E-state index in [1.54, 1.807) is 0 Å². The molecule has 0 unspecified atom stereocenters. The second kappa shape index (κ2) is 13.2. The van der Waals surface area contributed by atoms with Gasteiger partial charge in [0.2, 0.25) is 0 Å². The van der Waals surface area contributed by atoms with Crippen LogP contribution in [0.25, 0.3) is 121 Å². The minimum Gasteiger partial charge on any atom is -0.309 e. The number of para-hydroxylation sites is 1. The Hall–Kier alpha value is -8.20. The molecule has 2 heterocycles. The molecule has 68 heavy (non-hydrogen) atoms. The van der Waals surface area contributed by atoms with Crippen LogP contribution in [0.1, 0.15) is 49.9 Å². The number of rotatable bonds is 3. The van der Waals surface area contributed by atoms with Gasteiger partial charge in [-0.25, -0.2) is 0 Å². The summed E-state index contributed by atoms with van der Waals surface area (Å²) in [4.78, 5) is 0. The van der Waals surface area contributed by atoms with Gasteiger partial charge in [-0.3, -0.25) is 0 Å². The fourth-order valence-electron chi connectivity index (χ4n) is 13.1. The van der Waals surface area contributed by atoms with E-state index < -0.39 is 0 Å². The Balaban J connectivity index is 0.956. The molecular formula is C66H46N2. The average Bonchev–Trinajstić information content (AvgIpc) is 4.04. The molecule has 2 aromatic heterocycles. The van der Waals surface area contributed by atoms with Crippen LogP contribution in [0.5, 0.6) is 0 Å². The van der Waals surface area contributed by atoms with Crippen molar-refractivity contribution in [3.63, 3.8) is 0 Å². The molecule has 2 heteroatoms. The number of nitrogens with zero attached hydrogens (tertiary/aromatic N) is 2. The van der Waals surface area contributed by atoms with Gasteiger partial charge in [0.1, 0.15) is 0 Å². The lowest BCUT2D eigenvalue weighted by atomic mass is 9.82. The molecule has 13 aromatic rings. The fraction of sp³-hybridized carbons (Fsp3) is 0.0909. The number of benzene rings is 11.